The molecule has 12 N–H and O–H groups in total. The van der Waals surface area contributed by atoms with Crippen molar-refractivity contribution in [3.63, 3.8) is 0 Å². The summed E-state index contributed by atoms with van der Waals surface area (Å²) < 4.78 is 9.30. The predicted octanol–water partition coefficient (Wildman–Crippen LogP) is -7.07. The van der Waals surface area contributed by atoms with Crippen molar-refractivity contribution in [1.29, 1.82) is 0 Å². The first-order valence-electron chi connectivity index (χ1n) is 9.62. The number of nitrogens with two attached hydrogens (primary N) is 1. The summed E-state index contributed by atoms with van der Waals surface area (Å²) in [6.07, 6.45) is -19.3. The number of amides is 1. The van der Waals surface area contributed by atoms with Gasteiger partial charge in [0.15, 0.2) is 12.2 Å². The number of hydrogen-bond donors (Lipinski definition) is 11. The molecule has 0 heterocycles. The molecule has 194 valence electrons. The fourth-order valence-electron chi connectivity index (χ4n) is 2.45. The van der Waals surface area contributed by atoms with Crippen molar-refractivity contribution in [2.75, 3.05) is 13.2 Å². The van der Waals surface area contributed by atoms with Crippen LogP contribution >= 0.6 is 0 Å². The van der Waals surface area contributed by atoms with E-state index in [4.69, 9.17) is 15.9 Å². The molecule has 0 saturated carbocycles. The van der Waals surface area contributed by atoms with Crippen molar-refractivity contribution >= 4 is 17.8 Å². The summed E-state index contributed by atoms with van der Waals surface area (Å²) in [6, 6.07) is 0. The molecule has 8 atom stereocenters. The minimum Gasteiger partial charge on any atom is -0.411 e. The third-order valence-corrected chi connectivity index (χ3v) is 4.48. The molecule has 1 amide bonds. The highest BCUT2D eigenvalue weighted by Crippen LogP contribution is 2.24. The van der Waals surface area contributed by atoms with Gasteiger partial charge in [-0.15, -0.1) is 0 Å². The fourth-order valence-corrected chi connectivity index (χ4v) is 2.45. The van der Waals surface area contributed by atoms with Crippen LogP contribution in [0, 0.1) is 0 Å². The quantitative estimate of drug-likeness (QED) is 0.0752. The van der Waals surface area contributed by atoms with E-state index < -0.39 is 92.1 Å². The molecular formula is C17H31NO15. The van der Waals surface area contributed by atoms with Crippen molar-refractivity contribution in [1.82, 2.24) is 0 Å². The maximum atomic E-state index is 12.2. The number of aliphatic hydroxyl groups excluding tert-OH is 10. The van der Waals surface area contributed by atoms with Crippen LogP contribution in [0.15, 0.2) is 0 Å². The van der Waals surface area contributed by atoms with E-state index in [1.807, 2.05) is 0 Å². The van der Waals surface area contributed by atoms with Crippen LogP contribution in [-0.4, -0.2) is 137 Å². The van der Waals surface area contributed by atoms with E-state index in [1.54, 1.807) is 0 Å². The standard InChI is InChI=1S/C17H31NO15/c1-2-3-17(16(18)31,32-14(29)12(27)10(25)8(23)6(21)4-19)33-15(30)13(28)11(26)9(24)7(22)5-20/h6-13,19-28H,2-5H2,1H3,(H2,18,31). The summed E-state index contributed by atoms with van der Waals surface area (Å²) in [5, 5.41) is 94.5. The van der Waals surface area contributed by atoms with Gasteiger partial charge in [0.05, 0.1) is 13.2 Å². The lowest BCUT2D eigenvalue weighted by Gasteiger charge is -2.33. The summed E-state index contributed by atoms with van der Waals surface area (Å²) in [5.41, 5.74) is 5.14. The predicted molar refractivity (Wildman–Crippen MR) is 101 cm³/mol. The molecule has 0 fully saturated rings. The van der Waals surface area contributed by atoms with Gasteiger partial charge in [0.1, 0.15) is 36.6 Å². The van der Waals surface area contributed by atoms with Gasteiger partial charge in [-0.2, -0.15) is 0 Å². The molecule has 33 heavy (non-hydrogen) atoms. The maximum absolute atomic E-state index is 12.2. The molecule has 0 aliphatic rings. The Morgan fingerprint density at radius 3 is 1.30 bits per heavy atom. The second-order valence-corrected chi connectivity index (χ2v) is 7.06. The highest BCUT2D eigenvalue weighted by atomic mass is 16.7. The fraction of sp³-hybridized carbons (Fsp3) is 0.824. The lowest BCUT2D eigenvalue weighted by atomic mass is 10.0. The summed E-state index contributed by atoms with van der Waals surface area (Å²) in [4.78, 5) is 36.4. The van der Waals surface area contributed by atoms with E-state index in [1.165, 1.54) is 6.92 Å². The van der Waals surface area contributed by atoms with Crippen LogP contribution in [0.2, 0.25) is 0 Å². The van der Waals surface area contributed by atoms with E-state index in [-0.39, 0.29) is 6.42 Å². The first-order valence-corrected chi connectivity index (χ1v) is 9.62. The van der Waals surface area contributed by atoms with E-state index in [9.17, 15) is 55.2 Å². The van der Waals surface area contributed by atoms with Crippen molar-refractivity contribution in [2.24, 2.45) is 5.73 Å². The number of ether oxygens (including phenoxy) is 2. The number of esters is 2. The Kier molecular flexibility index (Phi) is 12.8. The van der Waals surface area contributed by atoms with Crippen molar-refractivity contribution < 1.29 is 74.9 Å². The molecule has 8 unspecified atom stereocenters. The molecule has 16 nitrogen and oxygen atoms in total. The number of rotatable bonds is 15. The Balaban J connectivity index is 5.71. The normalized spacial score (nSPS) is 20.8. The van der Waals surface area contributed by atoms with Gasteiger partial charge in [-0.05, 0) is 6.42 Å². The van der Waals surface area contributed by atoms with Gasteiger partial charge in [0.2, 0.25) is 0 Å². The second kappa shape index (κ2) is 13.7. The number of primary amides is 1. The molecular weight excluding hydrogens is 458 g/mol. The molecule has 16 heteroatoms. The topological polar surface area (TPSA) is 298 Å². The Hall–Kier alpha value is -1.99. The van der Waals surface area contributed by atoms with E-state index >= 15 is 0 Å². The molecule has 0 saturated heterocycles. The zero-order valence-electron chi connectivity index (χ0n) is 17.5. The first kappa shape index (κ1) is 31.0. The zero-order valence-corrected chi connectivity index (χ0v) is 17.5. The minimum absolute atomic E-state index is 0.0709. The number of carbonyl (C=O) groups excluding carboxylic acids is 3. The Labute approximate surface area is 187 Å². The molecule has 0 aromatic rings. The minimum atomic E-state index is -3.01. The molecule has 0 aliphatic carbocycles. The summed E-state index contributed by atoms with van der Waals surface area (Å²) >= 11 is 0. The van der Waals surface area contributed by atoms with Crippen LogP contribution in [0.3, 0.4) is 0 Å². The lowest BCUT2D eigenvalue weighted by Crippen LogP contribution is -2.57. The van der Waals surface area contributed by atoms with Crippen LogP contribution in [0.4, 0.5) is 0 Å². The maximum Gasteiger partial charge on any atom is 0.341 e. The van der Waals surface area contributed by atoms with Gasteiger partial charge in [-0.1, -0.05) is 6.92 Å². The third-order valence-electron chi connectivity index (χ3n) is 4.48. The Bertz CT molecular complexity index is 604. The molecule has 0 aliphatic heterocycles. The third kappa shape index (κ3) is 8.07. The van der Waals surface area contributed by atoms with Gasteiger partial charge < -0.3 is 66.3 Å². The SMILES string of the molecule is CCCC(OC(=O)C(O)C(O)C(O)C(O)CO)(OC(=O)C(O)C(O)C(O)C(O)CO)C(N)=O. The monoisotopic (exact) mass is 489 g/mol. The highest BCUT2D eigenvalue weighted by Gasteiger charge is 2.49. The van der Waals surface area contributed by atoms with Crippen LogP contribution in [0.1, 0.15) is 19.8 Å². The Morgan fingerprint density at radius 2 is 1.06 bits per heavy atom. The molecule has 0 radical (unpaired) electrons. The van der Waals surface area contributed by atoms with E-state index in [2.05, 4.69) is 9.47 Å². The van der Waals surface area contributed by atoms with Crippen LogP contribution in [-0.2, 0) is 23.9 Å². The van der Waals surface area contributed by atoms with Gasteiger partial charge in [0.25, 0.3) is 0 Å². The van der Waals surface area contributed by atoms with Gasteiger partial charge >= 0.3 is 23.6 Å². The Morgan fingerprint density at radius 1 is 0.727 bits per heavy atom. The summed E-state index contributed by atoms with van der Waals surface area (Å²) in [6.45, 7) is -0.718. The van der Waals surface area contributed by atoms with E-state index in [0.717, 1.165) is 0 Å². The second-order valence-electron chi connectivity index (χ2n) is 7.06. The smallest absolute Gasteiger partial charge is 0.341 e. The van der Waals surface area contributed by atoms with Crippen LogP contribution in [0.25, 0.3) is 0 Å². The highest BCUT2D eigenvalue weighted by molar-refractivity contribution is 5.89. The molecule has 0 aromatic carbocycles. The summed E-state index contributed by atoms with van der Waals surface area (Å²) in [5.74, 6) is -8.40. The van der Waals surface area contributed by atoms with Crippen molar-refractivity contribution in [3.8, 4) is 0 Å². The number of aliphatic hydroxyl groups is 10. The summed E-state index contributed by atoms with van der Waals surface area (Å²) in [7, 11) is 0. The van der Waals surface area contributed by atoms with Crippen LogP contribution < -0.4 is 5.73 Å². The van der Waals surface area contributed by atoms with Crippen LogP contribution in [0.5, 0.6) is 0 Å². The molecule has 0 rings (SSSR count). The number of hydrogen-bond acceptors (Lipinski definition) is 15. The van der Waals surface area contributed by atoms with Crippen molar-refractivity contribution in [2.45, 2.75) is 74.4 Å². The number of carbonyl (C=O) groups is 3. The molecule has 0 spiro atoms. The largest absolute Gasteiger partial charge is 0.411 e. The average molecular weight is 489 g/mol. The first-order chi connectivity index (χ1) is 15.2. The van der Waals surface area contributed by atoms with Crippen molar-refractivity contribution in [3.05, 3.63) is 0 Å². The zero-order chi connectivity index (χ0) is 26.1. The van der Waals surface area contributed by atoms with Gasteiger partial charge in [0, 0.05) is 6.42 Å². The van der Waals surface area contributed by atoms with E-state index in [0.29, 0.717) is 0 Å². The molecule has 0 aromatic heterocycles. The lowest BCUT2D eigenvalue weighted by molar-refractivity contribution is -0.242. The average Bonchev–Trinajstić information content (AvgIpc) is 2.79. The van der Waals surface area contributed by atoms with Gasteiger partial charge in [-0.3, -0.25) is 4.79 Å². The van der Waals surface area contributed by atoms with Gasteiger partial charge in [-0.25, -0.2) is 9.59 Å². The molecule has 0 bridgehead atoms.